The van der Waals surface area contributed by atoms with E-state index < -0.39 is 23.6 Å². The molecule has 0 N–H and O–H groups in total. The zero-order chi connectivity index (χ0) is 20.1. The fourth-order valence-corrected chi connectivity index (χ4v) is 4.78. The van der Waals surface area contributed by atoms with Crippen molar-refractivity contribution in [2.75, 3.05) is 11.4 Å². The number of rotatable bonds is 3. The van der Waals surface area contributed by atoms with Gasteiger partial charge >= 0.3 is 0 Å². The van der Waals surface area contributed by atoms with Crippen molar-refractivity contribution in [3.63, 3.8) is 0 Å². The van der Waals surface area contributed by atoms with E-state index in [9.17, 15) is 18.4 Å². The molecule has 5 rings (SSSR count). The largest absolute Gasteiger partial charge is 0.332 e. The van der Waals surface area contributed by atoms with Crippen molar-refractivity contribution >= 4 is 17.5 Å². The average Bonchev–Trinajstić information content (AvgIpc) is 3.47. The maximum atomic E-state index is 14.5. The van der Waals surface area contributed by atoms with E-state index >= 15 is 0 Å². The molecule has 1 aromatic carbocycles. The molecule has 3 aliphatic rings. The van der Waals surface area contributed by atoms with Crippen molar-refractivity contribution in [3.05, 3.63) is 59.4 Å². The average molecular weight is 397 g/mol. The number of aromatic nitrogens is 1. The SMILES string of the molecule is O=C([C@H]1CCC(=O)N(C2CC2)[C@@H]1c1ccncc1)N1CCc2c(F)ccc(F)c21. The second kappa shape index (κ2) is 6.90. The lowest BCUT2D eigenvalue weighted by molar-refractivity contribution is -0.143. The smallest absolute Gasteiger partial charge is 0.232 e. The van der Waals surface area contributed by atoms with Crippen LogP contribution >= 0.6 is 0 Å². The Hall–Kier alpha value is -2.83. The number of benzene rings is 1. The van der Waals surface area contributed by atoms with Gasteiger partial charge in [0.1, 0.15) is 11.6 Å². The lowest BCUT2D eigenvalue weighted by Crippen LogP contribution is -2.49. The summed E-state index contributed by atoms with van der Waals surface area (Å²) < 4.78 is 28.7. The predicted octanol–water partition coefficient (Wildman–Crippen LogP) is 3.39. The highest BCUT2D eigenvalue weighted by Gasteiger charge is 2.48. The van der Waals surface area contributed by atoms with Crippen molar-refractivity contribution in [1.29, 1.82) is 0 Å². The number of hydrogen-bond acceptors (Lipinski definition) is 3. The summed E-state index contributed by atoms with van der Waals surface area (Å²) in [5, 5.41) is 0. The minimum atomic E-state index is -0.585. The van der Waals surface area contributed by atoms with E-state index in [-0.39, 0.29) is 35.7 Å². The first-order chi connectivity index (χ1) is 14.1. The first-order valence-corrected chi connectivity index (χ1v) is 10.1. The van der Waals surface area contributed by atoms with Crippen LogP contribution in [0.4, 0.5) is 14.5 Å². The van der Waals surface area contributed by atoms with Crippen LogP contribution in [0.2, 0.25) is 0 Å². The topological polar surface area (TPSA) is 53.5 Å². The Balaban J connectivity index is 1.54. The van der Waals surface area contributed by atoms with E-state index in [1.807, 2.05) is 17.0 Å². The summed E-state index contributed by atoms with van der Waals surface area (Å²) >= 11 is 0. The highest BCUT2D eigenvalue weighted by atomic mass is 19.1. The van der Waals surface area contributed by atoms with Crippen LogP contribution in [-0.2, 0) is 16.0 Å². The number of likely N-dealkylation sites (tertiary alicyclic amines) is 1. The number of carbonyl (C=O) groups is 2. The highest BCUT2D eigenvalue weighted by molar-refractivity contribution is 5.98. The first-order valence-electron chi connectivity index (χ1n) is 10.1. The van der Waals surface area contributed by atoms with Gasteiger partial charge in [0.05, 0.1) is 17.6 Å². The van der Waals surface area contributed by atoms with Gasteiger partial charge in [-0.1, -0.05) is 0 Å². The van der Waals surface area contributed by atoms with Crippen LogP contribution in [0.1, 0.15) is 42.9 Å². The maximum Gasteiger partial charge on any atom is 0.232 e. The van der Waals surface area contributed by atoms with Gasteiger partial charge in [-0.2, -0.15) is 0 Å². The summed E-state index contributed by atoms with van der Waals surface area (Å²) in [6.45, 7) is 0.253. The molecule has 0 radical (unpaired) electrons. The molecule has 5 nitrogen and oxygen atoms in total. The molecule has 2 atom stereocenters. The van der Waals surface area contributed by atoms with E-state index in [0.29, 0.717) is 19.3 Å². The number of piperidine rings is 1. The Labute approximate surface area is 167 Å². The van der Waals surface area contributed by atoms with Gasteiger partial charge < -0.3 is 9.80 Å². The monoisotopic (exact) mass is 397 g/mol. The standard InChI is InChI=1S/C22H21F2N3O2/c23-17-4-5-18(24)21-15(17)9-12-26(21)22(29)16-3-6-19(28)27(14-1-2-14)20(16)13-7-10-25-11-8-13/h4-5,7-8,10-11,14,16,20H,1-3,6,9,12H2/t16-,20+/m0/s1. The normalized spacial score (nSPS) is 24.0. The molecule has 0 unspecified atom stereocenters. The number of halogens is 2. The third kappa shape index (κ3) is 2.99. The van der Waals surface area contributed by atoms with Gasteiger partial charge in [-0.3, -0.25) is 14.6 Å². The molecule has 29 heavy (non-hydrogen) atoms. The number of carbonyl (C=O) groups excluding carboxylic acids is 2. The molecule has 1 saturated carbocycles. The van der Waals surface area contributed by atoms with Gasteiger partial charge in [-0.25, -0.2) is 8.78 Å². The van der Waals surface area contributed by atoms with Crippen LogP contribution in [0, 0.1) is 17.6 Å². The highest BCUT2D eigenvalue weighted by Crippen LogP contribution is 2.45. The number of hydrogen-bond donors (Lipinski definition) is 0. The molecular weight excluding hydrogens is 376 g/mol. The van der Waals surface area contributed by atoms with E-state index in [2.05, 4.69) is 4.98 Å². The molecule has 2 aromatic rings. The number of nitrogens with zero attached hydrogens (tertiary/aromatic N) is 3. The van der Waals surface area contributed by atoms with Crippen LogP contribution in [0.25, 0.3) is 0 Å². The summed E-state index contributed by atoms with van der Waals surface area (Å²) in [5.74, 6) is -1.76. The molecule has 2 aliphatic heterocycles. The quantitative estimate of drug-likeness (QED) is 0.798. The van der Waals surface area contributed by atoms with E-state index in [4.69, 9.17) is 0 Å². The lowest BCUT2D eigenvalue weighted by atomic mass is 9.83. The van der Waals surface area contributed by atoms with Crippen LogP contribution in [0.5, 0.6) is 0 Å². The van der Waals surface area contributed by atoms with Gasteiger partial charge in [-0.05, 0) is 55.5 Å². The number of anilines is 1. The van der Waals surface area contributed by atoms with Crippen molar-refractivity contribution in [1.82, 2.24) is 9.88 Å². The molecule has 2 fully saturated rings. The Bertz CT molecular complexity index is 978. The minimum Gasteiger partial charge on any atom is -0.332 e. The Morgan fingerprint density at radius 1 is 1.00 bits per heavy atom. The second-order valence-corrected chi connectivity index (χ2v) is 8.00. The summed E-state index contributed by atoms with van der Waals surface area (Å²) in [6, 6.07) is 5.59. The number of fused-ring (bicyclic) bond motifs is 1. The fourth-order valence-electron chi connectivity index (χ4n) is 4.78. The molecule has 1 saturated heterocycles. The van der Waals surface area contributed by atoms with Crippen molar-refractivity contribution < 1.29 is 18.4 Å². The van der Waals surface area contributed by atoms with E-state index in [0.717, 1.165) is 30.5 Å². The van der Waals surface area contributed by atoms with Gasteiger partial charge in [0.25, 0.3) is 0 Å². The lowest BCUT2D eigenvalue weighted by Gasteiger charge is -2.42. The van der Waals surface area contributed by atoms with Gasteiger partial charge in [0.2, 0.25) is 11.8 Å². The Morgan fingerprint density at radius 2 is 1.72 bits per heavy atom. The summed E-state index contributed by atoms with van der Waals surface area (Å²) in [4.78, 5) is 33.6. The van der Waals surface area contributed by atoms with Crippen LogP contribution in [0.3, 0.4) is 0 Å². The van der Waals surface area contributed by atoms with Crippen molar-refractivity contribution in [3.8, 4) is 0 Å². The first kappa shape index (κ1) is 18.2. The zero-order valence-corrected chi connectivity index (χ0v) is 15.9. The third-order valence-corrected chi connectivity index (χ3v) is 6.24. The zero-order valence-electron chi connectivity index (χ0n) is 15.9. The maximum absolute atomic E-state index is 14.5. The number of amides is 2. The molecule has 0 bridgehead atoms. The predicted molar refractivity (Wildman–Crippen MR) is 102 cm³/mol. The third-order valence-electron chi connectivity index (χ3n) is 6.24. The molecule has 3 heterocycles. The minimum absolute atomic E-state index is 0.0532. The second-order valence-electron chi connectivity index (χ2n) is 8.00. The summed E-state index contributed by atoms with van der Waals surface area (Å²) in [5.41, 5.74) is 1.17. The van der Waals surface area contributed by atoms with Crippen LogP contribution in [0.15, 0.2) is 36.7 Å². The van der Waals surface area contributed by atoms with Crippen molar-refractivity contribution in [2.24, 2.45) is 5.92 Å². The van der Waals surface area contributed by atoms with Gasteiger partial charge in [-0.15, -0.1) is 0 Å². The Kier molecular flexibility index (Phi) is 4.33. The Morgan fingerprint density at radius 3 is 2.45 bits per heavy atom. The summed E-state index contributed by atoms with van der Waals surface area (Å²) in [6.07, 6.45) is 6.16. The van der Waals surface area contributed by atoms with Gasteiger partial charge in [0, 0.05) is 37.0 Å². The molecule has 150 valence electrons. The molecule has 0 spiro atoms. The van der Waals surface area contributed by atoms with Crippen molar-refractivity contribution in [2.45, 2.75) is 44.2 Å². The van der Waals surface area contributed by atoms with Crippen LogP contribution < -0.4 is 4.90 Å². The van der Waals surface area contributed by atoms with Gasteiger partial charge in [0.15, 0.2) is 0 Å². The van der Waals surface area contributed by atoms with E-state index in [1.54, 1.807) is 12.4 Å². The van der Waals surface area contributed by atoms with E-state index in [1.165, 1.54) is 4.90 Å². The van der Waals surface area contributed by atoms with Crippen LogP contribution in [-0.4, -0.2) is 34.3 Å². The fraction of sp³-hybridized carbons (Fsp3) is 0.409. The molecule has 2 amide bonds. The number of pyridine rings is 1. The molecule has 1 aromatic heterocycles. The molecular formula is C22H21F2N3O2. The molecule has 7 heteroatoms. The molecule has 1 aliphatic carbocycles. The summed E-state index contributed by atoms with van der Waals surface area (Å²) in [7, 11) is 0.